The van der Waals surface area contributed by atoms with E-state index in [9.17, 15) is 4.79 Å². The molecular weight excluding hydrogens is 396 g/mol. The molecule has 5 nitrogen and oxygen atoms in total. The van der Waals surface area contributed by atoms with Crippen LogP contribution >= 0.6 is 0 Å². The molecule has 0 aromatic heterocycles. The van der Waals surface area contributed by atoms with Crippen LogP contribution in [0.4, 0.5) is 5.69 Å². The first-order chi connectivity index (χ1) is 15.4. The maximum Gasteiger partial charge on any atom is 0.237 e. The van der Waals surface area contributed by atoms with E-state index in [4.69, 9.17) is 0 Å². The van der Waals surface area contributed by atoms with Gasteiger partial charge in [0.25, 0.3) is 0 Å². The number of anilines is 1. The highest BCUT2D eigenvalue weighted by Crippen LogP contribution is 2.25. The van der Waals surface area contributed by atoms with Crippen LogP contribution in [-0.4, -0.2) is 49.6 Å². The molecule has 0 heterocycles. The molecule has 0 bridgehead atoms. The summed E-state index contributed by atoms with van der Waals surface area (Å²) in [5.41, 5.74) is 3.44. The molecule has 0 radical (unpaired) electrons. The lowest BCUT2D eigenvalue weighted by Gasteiger charge is -2.34. The zero-order chi connectivity index (χ0) is 23.5. The predicted molar refractivity (Wildman–Crippen MR) is 138 cm³/mol. The molecule has 0 spiro atoms. The minimum atomic E-state index is -0.185. The molecule has 1 aliphatic rings. The average Bonchev–Trinajstić information content (AvgIpc) is 2.78. The number of rotatable bonds is 13. The molecule has 178 valence electrons. The summed E-state index contributed by atoms with van der Waals surface area (Å²) in [5.74, 6) is 0.700. The predicted octanol–water partition coefficient (Wildman–Crippen LogP) is 4.81. The summed E-state index contributed by atoms with van der Waals surface area (Å²) in [5, 5.41) is 10.4. The van der Waals surface area contributed by atoms with Crippen molar-refractivity contribution in [1.82, 2.24) is 15.5 Å². The number of carbonyl (C=O) groups is 1. The third-order valence-electron chi connectivity index (χ3n) is 6.41. The maximum absolute atomic E-state index is 12.5. The second-order valence-electron chi connectivity index (χ2n) is 9.47. The van der Waals surface area contributed by atoms with Crippen LogP contribution in [0.1, 0.15) is 63.5 Å². The zero-order valence-corrected chi connectivity index (χ0v) is 20.6. The summed E-state index contributed by atoms with van der Waals surface area (Å²) in [7, 11) is 3.72. The Morgan fingerprint density at radius 3 is 2.56 bits per heavy atom. The number of likely N-dealkylation sites (N-methyl/N-ethyl adjacent to an activating group) is 2. The molecular formula is C27H44N4O. The molecule has 3 unspecified atom stereocenters. The number of nitrogens with zero attached hydrogens (tertiary/aromatic N) is 1. The van der Waals surface area contributed by atoms with Crippen LogP contribution in [0.15, 0.2) is 37.4 Å². The van der Waals surface area contributed by atoms with Gasteiger partial charge in [-0.3, -0.25) is 9.69 Å². The molecule has 1 saturated carbocycles. The Morgan fingerprint density at radius 2 is 1.94 bits per heavy atom. The molecule has 3 N–H and O–H groups in total. The highest BCUT2D eigenvalue weighted by Gasteiger charge is 2.25. The van der Waals surface area contributed by atoms with Gasteiger partial charge in [-0.1, -0.05) is 51.5 Å². The van der Waals surface area contributed by atoms with Gasteiger partial charge in [0.1, 0.15) is 0 Å². The van der Waals surface area contributed by atoms with Gasteiger partial charge in [0.15, 0.2) is 0 Å². The fourth-order valence-corrected chi connectivity index (χ4v) is 4.55. The van der Waals surface area contributed by atoms with Crippen LogP contribution in [0, 0.1) is 5.92 Å². The van der Waals surface area contributed by atoms with Crippen LogP contribution in [0.3, 0.4) is 0 Å². The average molecular weight is 441 g/mol. The minimum Gasteiger partial charge on any atom is -0.381 e. The first kappa shape index (κ1) is 26.1. The van der Waals surface area contributed by atoms with E-state index in [0.717, 1.165) is 30.6 Å². The fraction of sp³-hybridized carbons (Fsp3) is 0.593. The molecule has 0 saturated heterocycles. The molecule has 0 aliphatic heterocycles. The number of carbonyl (C=O) groups excluding carboxylic acids is 1. The SMILES string of the molecule is C=CCCC(C(=O)NC)N(C)Cc1cc(NC2CCCCC2NCC(C)C)ccc1C=C. The Kier molecular flexibility index (Phi) is 11.0. The van der Waals surface area contributed by atoms with Gasteiger partial charge in [-0.2, -0.15) is 0 Å². The van der Waals surface area contributed by atoms with Crippen molar-refractivity contribution in [2.75, 3.05) is 26.0 Å². The van der Waals surface area contributed by atoms with E-state index >= 15 is 0 Å². The van der Waals surface area contributed by atoms with Crippen molar-refractivity contribution >= 4 is 17.7 Å². The van der Waals surface area contributed by atoms with Crippen molar-refractivity contribution in [2.45, 2.75) is 77.0 Å². The van der Waals surface area contributed by atoms with Crippen molar-refractivity contribution in [3.05, 3.63) is 48.6 Å². The van der Waals surface area contributed by atoms with Gasteiger partial charge in [0, 0.05) is 31.4 Å². The van der Waals surface area contributed by atoms with Gasteiger partial charge in [-0.15, -0.1) is 6.58 Å². The van der Waals surface area contributed by atoms with E-state index in [1.54, 1.807) is 7.05 Å². The topological polar surface area (TPSA) is 56.4 Å². The van der Waals surface area contributed by atoms with Crippen LogP contribution in [-0.2, 0) is 11.3 Å². The molecule has 1 aliphatic carbocycles. The molecule has 2 rings (SSSR count). The fourth-order valence-electron chi connectivity index (χ4n) is 4.55. The van der Waals surface area contributed by atoms with Crippen LogP contribution in [0.5, 0.6) is 0 Å². The highest BCUT2D eigenvalue weighted by molar-refractivity contribution is 5.81. The van der Waals surface area contributed by atoms with Crippen molar-refractivity contribution in [3.8, 4) is 0 Å². The summed E-state index contributed by atoms with van der Waals surface area (Å²) in [6.07, 6.45) is 10.3. The van der Waals surface area contributed by atoms with E-state index in [-0.39, 0.29) is 11.9 Å². The maximum atomic E-state index is 12.5. The van der Waals surface area contributed by atoms with E-state index < -0.39 is 0 Å². The third kappa shape index (κ3) is 7.79. The summed E-state index contributed by atoms with van der Waals surface area (Å²) in [4.78, 5) is 14.6. The molecule has 1 amide bonds. The van der Waals surface area contributed by atoms with Crippen LogP contribution in [0.2, 0.25) is 0 Å². The molecule has 5 heteroatoms. The summed E-state index contributed by atoms with van der Waals surface area (Å²) >= 11 is 0. The molecule has 1 aromatic carbocycles. The Morgan fingerprint density at radius 1 is 1.22 bits per heavy atom. The smallest absolute Gasteiger partial charge is 0.237 e. The van der Waals surface area contributed by atoms with Gasteiger partial charge in [0.05, 0.1) is 6.04 Å². The monoisotopic (exact) mass is 440 g/mol. The van der Waals surface area contributed by atoms with Gasteiger partial charge in [-0.05, 0) is 68.5 Å². The highest BCUT2D eigenvalue weighted by atomic mass is 16.2. The first-order valence-electron chi connectivity index (χ1n) is 12.2. The van der Waals surface area contributed by atoms with Crippen LogP contribution < -0.4 is 16.0 Å². The third-order valence-corrected chi connectivity index (χ3v) is 6.41. The quantitative estimate of drug-likeness (QED) is 0.385. The Labute approximate surface area is 195 Å². The number of amides is 1. The standard InChI is InChI=1S/C27H44N4O/c1-7-9-14-26(27(32)28-5)31(6)19-22-17-23(16-15-21(22)8-2)30-25-13-11-10-12-24(25)29-18-20(3)4/h7-8,15-17,20,24-26,29-30H,1-2,9-14,18-19H2,3-6H3,(H,28,32). The second-order valence-corrected chi connectivity index (χ2v) is 9.47. The van der Waals surface area contributed by atoms with Gasteiger partial charge < -0.3 is 16.0 Å². The largest absolute Gasteiger partial charge is 0.381 e. The molecule has 1 aromatic rings. The molecule has 1 fully saturated rings. The molecule has 32 heavy (non-hydrogen) atoms. The second kappa shape index (κ2) is 13.4. The Bertz CT molecular complexity index is 745. The number of hydrogen-bond donors (Lipinski definition) is 3. The number of hydrogen-bond acceptors (Lipinski definition) is 4. The van der Waals surface area contributed by atoms with Crippen LogP contribution in [0.25, 0.3) is 6.08 Å². The lowest BCUT2D eigenvalue weighted by Crippen LogP contribution is -2.47. The Balaban J connectivity index is 2.15. The van der Waals surface area contributed by atoms with Gasteiger partial charge in [0.2, 0.25) is 5.91 Å². The normalized spacial score (nSPS) is 19.6. The van der Waals surface area contributed by atoms with Crippen molar-refractivity contribution in [2.24, 2.45) is 5.92 Å². The lowest BCUT2D eigenvalue weighted by molar-refractivity contribution is -0.125. The zero-order valence-electron chi connectivity index (χ0n) is 20.6. The van der Waals surface area contributed by atoms with Crippen molar-refractivity contribution in [1.29, 1.82) is 0 Å². The molecule has 3 atom stereocenters. The summed E-state index contributed by atoms with van der Waals surface area (Å²) in [6.45, 7) is 14.1. The summed E-state index contributed by atoms with van der Waals surface area (Å²) < 4.78 is 0. The van der Waals surface area contributed by atoms with Crippen molar-refractivity contribution in [3.63, 3.8) is 0 Å². The van der Waals surface area contributed by atoms with E-state index in [2.05, 4.69) is 66.1 Å². The van der Waals surface area contributed by atoms with Gasteiger partial charge >= 0.3 is 0 Å². The van der Waals surface area contributed by atoms with E-state index in [1.807, 2.05) is 19.2 Å². The van der Waals surface area contributed by atoms with E-state index in [0.29, 0.717) is 24.5 Å². The minimum absolute atomic E-state index is 0.0463. The number of benzene rings is 1. The number of nitrogens with one attached hydrogen (secondary N) is 3. The van der Waals surface area contributed by atoms with Gasteiger partial charge in [-0.25, -0.2) is 0 Å². The Hall–Kier alpha value is -2.11. The van der Waals surface area contributed by atoms with Crippen molar-refractivity contribution < 1.29 is 4.79 Å². The number of allylic oxidation sites excluding steroid dienone is 1. The first-order valence-corrected chi connectivity index (χ1v) is 12.2. The lowest BCUT2D eigenvalue weighted by atomic mass is 9.89. The van der Waals surface area contributed by atoms with E-state index in [1.165, 1.54) is 31.2 Å². The summed E-state index contributed by atoms with van der Waals surface area (Å²) in [6, 6.07) is 7.28.